The van der Waals surface area contributed by atoms with Crippen LogP contribution in [0, 0.1) is 5.92 Å². The zero-order chi connectivity index (χ0) is 21.1. The number of allylic oxidation sites excluding steroid dienone is 1. The Morgan fingerprint density at radius 2 is 1.83 bits per heavy atom. The number of halogens is 2. The van der Waals surface area contributed by atoms with E-state index in [-0.39, 0.29) is 24.4 Å². The van der Waals surface area contributed by atoms with Crippen LogP contribution in [0.15, 0.2) is 64.3 Å². The van der Waals surface area contributed by atoms with E-state index in [9.17, 15) is 4.79 Å². The first-order valence-electron chi connectivity index (χ1n) is 9.70. The minimum atomic E-state index is -0.319. The molecule has 0 spiro atoms. The van der Waals surface area contributed by atoms with Crippen LogP contribution in [0.2, 0.25) is 10.0 Å². The summed E-state index contributed by atoms with van der Waals surface area (Å²) in [6.45, 7) is -0.264. The van der Waals surface area contributed by atoms with E-state index in [1.807, 2.05) is 48.5 Å². The van der Waals surface area contributed by atoms with E-state index in [4.69, 9.17) is 33.8 Å². The second-order valence-corrected chi connectivity index (χ2v) is 8.20. The molecule has 2 aromatic carbocycles. The monoisotopic (exact) mass is 439 g/mol. The number of benzene rings is 2. The fourth-order valence-corrected chi connectivity index (χ4v) is 4.38. The Balaban J connectivity index is 1.73. The summed E-state index contributed by atoms with van der Waals surface area (Å²) in [5.74, 6) is -0.242. The summed E-state index contributed by atoms with van der Waals surface area (Å²) in [5, 5.41) is 11.0. The lowest BCUT2D eigenvalue weighted by molar-refractivity contribution is -0.132. The standard InChI is InChI=1S/C22H19Cl2N5O/c23-17-8-4-14(5-9-17)12-16-2-1-3-19-21(16)27-29(20(30)13-26-28-25)22(19)15-6-10-18(24)11-7-15/h4-12,19,22H,1-3,13H2/b16-12-/t19-,22+/m0/s1. The molecule has 2 aromatic rings. The highest BCUT2D eigenvalue weighted by Crippen LogP contribution is 2.44. The average molecular weight is 440 g/mol. The maximum Gasteiger partial charge on any atom is 0.249 e. The number of fused-ring (bicyclic) bond motifs is 1. The zero-order valence-electron chi connectivity index (χ0n) is 16.1. The molecule has 0 aromatic heterocycles. The molecule has 152 valence electrons. The third-order valence-electron chi connectivity index (χ3n) is 5.45. The Labute approximate surface area is 184 Å². The largest absolute Gasteiger partial charge is 0.273 e. The topological polar surface area (TPSA) is 81.4 Å². The molecular weight excluding hydrogens is 421 g/mol. The summed E-state index contributed by atoms with van der Waals surface area (Å²) < 4.78 is 0. The van der Waals surface area contributed by atoms with Crippen molar-refractivity contribution in [1.82, 2.24) is 5.01 Å². The molecule has 1 aliphatic heterocycles. The van der Waals surface area contributed by atoms with Gasteiger partial charge in [0, 0.05) is 20.9 Å². The first-order chi connectivity index (χ1) is 14.6. The molecule has 8 heteroatoms. The molecule has 1 amide bonds. The van der Waals surface area contributed by atoms with Gasteiger partial charge in [-0.3, -0.25) is 4.79 Å². The van der Waals surface area contributed by atoms with Gasteiger partial charge in [0.15, 0.2) is 0 Å². The van der Waals surface area contributed by atoms with E-state index in [1.165, 1.54) is 5.01 Å². The molecule has 0 N–H and O–H groups in total. The molecule has 2 aliphatic rings. The van der Waals surface area contributed by atoms with Crippen molar-refractivity contribution in [2.45, 2.75) is 25.3 Å². The minimum Gasteiger partial charge on any atom is -0.273 e. The molecule has 4 rings (SSSR count). The van der Waals surface area contributed by atoms with E-state index in [0.29, 0.717) is 10.0 Å². The summed E-state index contributed by atoms with van der Waals surface area (Å²) in [7, 11) is 0. The number of hydrogen-bond donors (Lipinski definition) is 0. The highest BCUT2D eigenvalue weighted by molar-refractivity contribution is 6.30. The van der Waals surface area contributed by atoms with Crippen LogP contribution in [-0.4, -0.2) is 23.2 Å². The van der Waals surface area contributed by atoms with Gasteiger partial charge in [0.1, 0.15) is 6.54 Å². The summed E-state index contributed by atoms with van der Waals surface area (Å²) >= 11 is 12.1. The van der Waals surface area contributed by atoms with Gasteiger partial charge in [-0.25, -0.2) is 5.01 Å². The lowest BCUT2D eigenvalue weighted by Gasteiger charge is -2.29. The molecule has 30 heavy (non-hydrogen) atoms. The Morgan fingerprint density at radius 1 is 1.17 bits per heavy atom. The van der Waals surface area contributed by atoms with Gasteiger partial charge >= 0.3 is 0 Å². The van der Waals surface area contributed by atoms with Crippen LogP contribution >= 0.6 is 23.2 Å². The van der Waals surface area contributed by atoms with Gasteiger partial charge in [0.05, 0.1) is 11.8 Å². The van der Waals surface area contributed by atoms with Crippen LogP contribution in [0.1, 0.15) is 36.4 Å². The van der Waals surface area contributed by atoms with Crippen LogP contribution in [-0.2, 0) is 4.79 Å². The Kier molecular flexibility index (Phi) is 6.09. The molecule has 2 atom stereocenters. The number of rotatable bonds is 4. The van der Waals surface area contributed by atoms with E-state index in [0.717, 1.165) is 41.7 Å². The smallest absolute Gasteiger partial charge is 0.249 e. The number of hydrogen-bond acceptors (Lipinski definition) is 3. The Bertz CT molecular complexity index is 1060. The van der Waals surface area contributed by atoms with Crippen LogP contribution in [0.3, 0.4) is 0 Å². The predicted molar refractivity (Wildman–Crippen MR) is 119 cm³/mol. The molecule has 0 radical (unpaired) electrons. The van der Waals surface area contributed by atoms with Crippen molar-refractivity contribution in [3.05, 3.63) is 85.7 Å². The van der Waals surface area contributed by atoms with E-state index in [2.05, 4.69) is 16.1 Å². The van der Waals surface area contributed by atoms with Crippen LogP contribution in [0.4, 0.5) is 0 Å². The maximum atomic E-state index is 12.8. The third-order valence-corrected chi connectivity index (χ3v) is 5.95. The first kappa shape index (κ1) is 20.5. The molecule has 0 bridgehead atoms. The molecule has 6 nitrogen and oxygen atoms in total. The van der Waals surface area contributed by atoms with Crippen molar-refractivity contribution in [3.8, 4) is 0 Å². The molecule has 1 aliphatic carbocycles. The van der Waals surface area contributed by atoms with Crippen molar-refractivity contribution < 1.29 is 4.79 Å². The maximum absolute atomic E-state index is 12.8. The van der Waals surface area contributed by atoms with Crippen molar-refractivity contribution in [2.75, 3.05) is 6.54 Å². The molecule has 1 fully saturated rings. The number of carbonyl (C=O) groups excluding carboxylic acids is 1. The van der Waals surface area contributed by atoms with Gasteiger partial charge in [-0.1, -0.05) is 52.6 Å². The second-order valence-electron chi connectivity index (χ2n) is 7.33. The Hall–Kier alpha value is -2.79. The average Bonchev–Trinajstić information content (AvgIpc) is 3.15. The van der Waals surface area contributed by atoms with Crippen molar-refractivity contribution >= 4 is 40.9 Å². The Morgan fingerprint density at radius 3 is 2.50 bits per heavy atom. The van der Waals surface area contributed by atoms with E-state index in [1.54, 1.807) is 0 Å². The summed E-state index contributed by atoms with van der Waals surface area (Å²) in [6, 6.07) is 14.9. The van der Waals surface area contributed by atoms with Gasteiger partial charge in [0.2, 0.25) is 5.91 Å². The van der Waals surface area contributed by atoms with Gasteiger partial charge in [-0.15, -0.1) is 0 Å². The highest BCUT2D eigenvalue weighted by Gasteiger charge is 2.43. The van der Waals surface area contributed by atoms with Crippen LogP contribution in [0.25, 0.3) is 16.5 Å². The zero-order valence-corrected chi connectivity index (χ0v) is 17.6. The van der Waals surface area contributed by atoms with Crippen LogP contribution < -0.4 is 0 Å². The minimum absolute atomic E-state index is 0.0773. The second kappa shape index (κ2) is 8.92. The highest BCUT2D eigenvalue weighted by atomic mass is 35.5. The normalized spacial score (nSPS) is 21.7. The lowest BCUT2D eigenvalue weighted by Crippen LogP contribution is -2.33. The molecule has 0 saturated heterocycles. The molecule has 1 saturated carbocycles. The lowest BCUT2D eigenvalue weighted by atomic mass is 9.77. The van der Waals surface area contributed by atoms with E-state index >= 15 is 0 Å². The number of azide groups is 1. The molecular formula is C22H19Cl2N5O. The van der Waals surface area contributed by atoms with Crippen molar-refractivity contribution in [1.29, 1.82) is 0 Å². The van der Waals surface area contributed by atoms with Crippen molar-refractivity contribution in [2.24, 2.45) is 16.1 Å². The van der Waals surface area contributed by atoms with Gasteiger partial charge < -0.3 is 0 Å². The number of amides is 1. The first-order valence-corrected chi connectivity index (χ1v) is 10.5. The third kappa shape index (κ3) is 4.21. The SMILES string of the molecule is [N-]=[N+]=NCC(=O)N1N=C2/C(=C\c3ccc(Cl)cc3)CCC[C@@H]2[C@H]1c1ccc(Cl)cc1. The fraction of sp³-hybridized carbons (Fsp3) is 0.273. The summed E-state index contributed by atoms with van der Waals surface area (Å²) in [6.07, 6.45) is 4.94. The quantitative estimate of drug-likeness (QED) is 0.307. The van der Waals surface area contributed by atoms with Gasteiger partial charge in [0.25, 0.3) is 0 Å². The van der Waals surface area contributed by atoms with E-state index < -0.39 is 0 Å². The summed E-state index contributed by atoms with van der Waals surface area (Å²) in [5.41, 5.74) is 12.7. The number of carbonyl (C=O) groups is 1. The predicted octanol–water partition coefficient (Wildman–Crippen LogP) is 6.43. The number of hydrazone groups is 1. The van der Waals surface area contributed by atoms with Gasteiger partial charge in [-0.2, -0.15) is 5.10 Å². The van der Waals surface area contributed by atoms with Crippen molar-refractivity contribution in [3.63, 3.8) is 0 Å². The summed E-state index contributed by atoms with van der Waals surface area (Å²) in [4.78, 5) is 15.5. The number of nitrogens with zero attached hydrogens (tertiary/aromatic N) is 5. The fourth-order valence-electron chi connectivity index (χ4n) is 4.13. The van der Waals surface area contributed by atoms with Crippen LogP contribution in [0.5, 0.6) is 0 Å². The molecule has 1 heterocycles. The van der Waals surface area contributed by atoms with Gasteiger partial charge in [-0.05, 0) is 71.8 Å². The molecule has 0 unspecified atom stereocenters.